The van der Waals surface area contributed by atoms with Crippen LogP contribution < -0.4 is 4.72 Å². The van der Waals surface area contributed by atoms with Crippen LogP contribution in [0.1, 0.15) is 51.8 Å². The highest BCUT2D eigenvalue weighted by molar-refractivity contribution is 7.90. The third-order valence-electron chi connectivity index (χ3n) is 2.81. The van der Waals surface area contributed by atoms with Gasteiger partial charge in [0.2, 0.25) is 0 Å². The normalized spacial score (nSPS) is 16.1. The van der Waals surface area contributed by atoms with E-state index in [1.54, 1.807) is 27.7 Å². The molecule has 6 heteroatoms. The van der Waals surface area contributed by atoms with Crippen LogP contribution in [0.15, 0.2) is 18.2 Å². The summed E-state index contributed by atoms with van der Waals surface area (Å²) in [5, 5.41) is 0. The maximum absolute atomic E-state index is 14.1. The fraction of sp³-hybridized carbons (Fsp3) is 0.571. The van der Waals surface area contributed by atoms with Gasteiger partial charge >= 0.3 is 0 Å². The summed E-state index contributed by atoms with van der Waals surface area (Å²) in [6.07, 6.45) is 0. The molecule has 2 nitrogen and oxygen atoms in total. The highest BCUT2D eigenvalue weighted by atomic mass is 32.2. The van der Waals surface area contributed by atoms with Crippen LogP contribution in [-0.2, 0) is 17.3 Å². The van der Waals surface area contributed by atoms with Gasteiger partial charge in [-0.15, -0.1) is 4.72 Å². The summed E-state index contributed by atoms with van der Waals surface area (Å²) in [5.41, 5.74) is -0.563. The first-order valence-corrected chi connectivity index (χ1v) is 7.44. The summed E-state index contributed by atoms with van der Waals surface area (Å²) in [5.74, 6) is -4.20. The highest BCUT2D eigenvalue weighted by Gasteiger charge is 2.32. The molecule has 0 unspecified atom stereocenters. The van der Waals surface area contributed by atoms with Crippen molar-refractivity contribution in [1.29, 1.82) is 0 Å². The van der Waals surface area contributed by atoms with E-state index in [1.807, 2.05) is 0 Å². The predicted octanol–water partition coefficient (Wildman–Crippen LogP) is 4.05. The minimum absolute atomic E-state index is 0.0848. The van der Waals surface area contributed by atoms with Crippen LogP contribution >= 0.6 is 0 Å². The number of rotatable bonds is 4. The van der Waals surface area contributed by atoms with Crippen LogP contribution in [-0.4, -0.2) is 9.30 Å². The number of nitrogens with one attached hydrogen (secondary N) is 1. The Kier molecular flexibility index (Phi) is 5.16. The van der Waals surface area contributed by atoms with E-state index in [0.717, 1.165) is 6.07 Å². The molecule has 1 rings (SSSR count). The average Bonchev–Trinajstić information content (AvgIpc) is 2.26. The molecule has 0 spiro atoms. The number of hydrogen-bond donors (Lipinski definition) is 1. The van der Waals surface area contributed by atoms with Gasteiger partial charge in [0, 0.05) is 23.8 Å². The predicted molar refractivity (Wildman–Crippen MR) is 75.4 cm³/mol. The molecule has 0 aliphatic carbocycles. The molecular formula is C14H20F3NOS. The lowest BCUT2D eigenvalue weighted by atomic mass is 10.0. The molecule has 0 aliphatic heterocycles. The first kappa shape index (κ1) is 17.3. The quantitative estimate of drug-likeness (QED) is 0.852. The minimum atomic E-state index is -3.25. The standard InChI is InChI=1S/C14H20F3NOS/c1-9(18-20(19)13(2,3)4)10-7-6-8-11(12(10)15)14(5,16)17/h6-9,18H,1-5H3/t9-,20-/m1/s1. The van der Waals surface area contributed by atoms with Crippen LogP contribution in [0, 0.1) is 5.82 Å². The van der Waals surface area contributed by atoms with Crippen molar-refractivity contribution in [1.82, 2.24) is 4.72 Å². The Morgan fingerprint density at radius 1 is 1.20 bits per heavy atom. The van der Waals surface area contributed by atoms with Crippen molar-refractivity contribution < 1.29 is 17.7 Å². The zero-order valence-corrected chi connectivity index (χ0v) is 13.1. The molecule has 1 N–H and O–H groups in total. The van der Waals surface area contributed by atoms with Crippen molar-refractivity contribution in [3.63, 3.8) is 0 Å². The Morgan fingerprint density at radius 3 is 2.20 bits per heavy atom. The third kappa shape index (κ3) is 4.14. The van der Waals surface area contributed by atoms with Crippen LogP contribution in [0.5, 0.6) is 0 Å². The molecular weight excluding hydrogens is 287 g/mol. The molecule has 0 saturated heterocycles. The molecule has 0 saturated carbocycles. The highest BCUT2D eigenvalue weighted by Crippen LogP contribution is 2.32. The smallest absolute Gasteiger partial charge is 0.273 e. The van der Waals surface area contributed by atoms with E-state index in [0.29, 0.717) is 6.92 Å². The topological polar surface area (TPSA) is 35.1 Å². The van der Waals surface area contributed by atoms with E-state index < -0.39 is 39.5 Å². The van der Waals surface area contributed by atoms with Crippen molar-refractivity contribution >= 4 is 11.4 Å². The second-order valence-electron chi connectivity index (χ2n) is 5.82. The van der Waals surface area contributed by atoms with E-state index in [2.05, 4.69) is 4.72 Å². The van der Waals surface area contributed by atoms with Crippen molar-refractivity contribution in [2.75, 3.05) is 0 Å². The number of hydrogen-bond acceptors (Lipinski definition) is 2. The first-order valence-electron chi connectivity index (χ1n) is 6.29. The van der Waals surface area contributed by atoms with Gasteiger partial charge in [0.25, 0.3) is 5.92 Å². The van der Waals surface area contributed by atoms with Crippen molar-refractivity contribution in [2.24, 2.45) is 0 Å². The molecule has 0 bridgehead atoms. The monoisotopic (exact) mass is 307 g/mol. The van der Waals surface area contributed by atoms with Gasteiger partial charge in [-0.1, -0.05) is 18.2 Å². The van der Waals surface area contributed by atoms with Crippen molar-refractivity contribution in [3.8, 4) is 0 Å². The maximum atomic E-state index is 14.1. The van der Waals surface area contributed by atoms with E-state index in [1.165, 1.54) is 12.1 Å². The lowest BCUT2D eigenvalue weighted by molar-refractivity contribution is 0.0135. The number of halogens is 3. The summed E-state index contributed by atoms with van der Waals surface area (Å²) in [6.45, 7) is 7.57. The van der Waals surface area contributed by atoms with Gasteiger partial charge in [-0.25, -0.2) is 13.2 Å². The fourth-order valence-electron chi connectivity index (χ4n) is 1.62. The fourth-order valence-corrected chi connectivity index (χ4v) is 2.43. The zero-order valence-electron chi connectivity index (χ0n) is 12.3. The van der Waals surface area contributed by atoms with Gasteiger partial charge in [0.05, 0.1) is 11.6 Å². The molecule has 0 aliphatic rings. The van der Waals surface area contributed by atoms with Crippen LogP contribution in [0.4, 0.5) is 13.2 Å². The first-order chi connectivity index (χ1) is 8.94. The SMILES string of the molecule is C[C@@H](N[S@+]([O-])C(C)(C)C)c1cccc(C(C)(F)F)c1F. The summed E-state index contributed by atoms with van der Waals surface area (Å²) < 4.78 is 54.9. The van der Waals surface area contributed by atoms with Crippen LogP contribution in [0.25, 0.3) is 0 Å². The zero-order chi connectivity index (χ0) is 15.7. The number of alkyl halides is 2. The lowest BCUT2D eigenvalue weighted by Gasteiger charge is -2.27. The van der Waals surface area contributed by atoms with E-state index >= 15 is 0 Å². The largest absolute Gasteiger partial charge is 0.598 e. The van der Waals surface area contributed by atoms with Crippen molar-refractivity contribution in [2.45, 2.75) is 51.3 Å². The third-order valence-corrected chi connectivity index (χ3v) is 4.49. The van der Waals surface area contributed by atoms with Crippen molar-refractivity contribution in [3.05, 3.63) is 35.1 Å². The van der Waals surface area contributed by atoms with Gasteiger partial charge < -0.3 is 4.55 Å². The molecule has 114 valence electrons. The Labute approximate surface area is 121 Å². The summed E-state index contributed by atoms with van der Waals surface area (Å²) in [6, 6.07) is 3.23. The molecule has 1 aromatic carbocycles. The second-order valence-corrected chi connectivity index (χ2v) is 7.82. The van der Waals surface area contributed by atoms with Gasteiger partial charge in [0.15, 0.2) is 0 Å². The molecule has 1 aromatic rings. The molecule has 2 atom stereocenters. The van der Waals surface area contributed by atoms with Crippen LogP contribution in [0.3, 0.4) is 0 Å². The summed E-state index contributed by atoms with van der Waals surface area (Å²) in [4.78, 5) is 0. The molecule has 0 amide bonds. The maximum Gasteiger partial charge on any atom is 0.273 e. The van der Waals surface area contributed by atoms with Gasteiger partial charge in [-0.05, 0) is 27.7 Å². The van der Waals surface area contributed by atoms with E-state index in [4.69, 9.17) is 0 Å². The minimum Gasteiger partial charge on any atom is -0.598 e. The van der Waals surface area contributed by atoms with Gasteiger partial charge in [-0.3, -0.25) is 0 Å². The Bertz CT molecular complexity index is 468. The molecule has 0 aromatic heterocycles. The average molecular weight is 307 g/mol. The Balaban J connectivity index is 3.03. The van der Waals surface area contributed by atoms with E-state index in [-0.39, 0.29) is 5.56 Å². The summed E-state index contributed by atoms with van der Waals surface area (Å²) >= 11 is -1.41. The molecule has 20 heavy (non-hydrogen) atoms. The van der Waals surface area contributed by atoms with Crippen LogP contribution in [0.2, 0.25) is 0 Å². The Morgan fingerprint density at radius 2 is 1.75 bits per heavy atom. The number of benzene rings is 1. The van der Waals surface area contributed by atoms with E-state index in [9.17, 15) is 17.7 Å². The second kappa shape index (κ2) is 5.95. The summed E-state index contributed by atoms with van der Waals surface area (Å²) in [7, 11) is 0. The molecule has 0 radical (unpaired) electrons. The molecule has 0 heterocycles. The van der Waals surface area contributed by atoms with Gasteiger partial charge in [-0.2, -0.15) is 0 Å². The molecule has 0 fully saturated rings. The lowest BCUT2D eigenvalue weighted by Crippen LogP contribution is -2.40. The Hall–Kier alpha value is -0.720. The van der Waals surface area contributed by atoms with Gasteiger partial charge in [0.1, 0.15) is 10.6 Å².